The molecule has 98 valence electrons. The van der Waals surface area contributed by atoms with E-state index in [1.54, 1.807) is 25.3 Å². The molecule has 0 heterocycles. The van der Waals surface area contributed by atoms with Crippen LogP contribution in [0.2, 0.25) is 0 Å². The van der Waals surface area contributed by atoms with Crippen LogP contribution in [-0.4, -0.2) is 19.6 Å². The Kier molecular flexibility index (Phi) is 5.77. The smallest absolute Gasteiger partial charge is 0.247 e. The van der Waals surface area contributed by atoms with E-state index in [-0.39, 0.29) is 5.91 Å². The van der Waals surface area contributed by atoms with Crippen LogP contribution in [0.4, 0.5) is 5.69 Å². The lowest BCUT2D eigenvalue weighted by Crippen LogP contribution is -2.09. The number of ether oxygens (including phenoxy) is 2. The highest BCUT2D eigenvalue weighted by atomic mass is 16.5. The highest BCUT2D eigenvalue weighted by Gasteiger charge is 2.07. The Balaban J connectivity index is 2.85. The van der Waals surface area contributed by atoms with Crippen LogP contribution < -0.4 is 14.8 Å². The van der Waals surface area contributed by atoms with Gasteiger partial charge in [0.2, 0.25) is 5.91 Å². The molecule has 1 amide bonds. The number of anilines is 1. The van der Waals surface area contributed by atoms with Crippen LogP contribution in [0, 0.1) is 0 Å². The first-order valence-corrected chi connectivity index (χ1v) is 5.95. The minimum atomic E-state index is -0.274. The van der Waals surface area contributed by atoms with Gasteiger partial charge in [0.15, 0.2) is 0 Å². The van der Waals surface area contributed by atoms with Crippen molar-refractivity contribution in [2.24, 2.45) is 0 Å². The van der Waals surface area contributed by atoms with E-state index in [9.17, 15) is 4.79 Å². The van der Waals surface area contributed by atoms with Crippen LogP contribution in [-0.2, 0) is 4.79 Å². The fourth-order valence-electron chi connectivity index (χ4n) is 1.37. The molecule has 0 aliphatic carbocycles. The summed E-state index contributed by atoms with van der Waals surface area (Å²) in [5.41, 5.74) is 0.593. The highest BCUT2D eigenvalue weighted by molar-refractivity contribution is 6.00. The van der Waals surface area contributed by atoms with Gasteiger partial charge in [-0.3, -0.25) is 4.79 Å². The van der Waals surface area contributed by atoms with Gasteiger partial charge in [-0.05, 0) is 24.6 Å². The summed E-state index contributed by atoms with van der Waals surface area (Å²) in [6.45, 7) is 6.14. The average molecular weight is 249 g/mol. The first kappa shape index (κ1) is 14.1. The maximum absolute atomic E-state index is 11.3. The Hall–Kier alpha value is -1.97. The largest absolute Gasteiger partial charge is 0.497 e. The maximum atomic E-state index is 11.3. The fourth-order valence-corrected chi connectivity index (χ4v) is 1.37. The zero-order chi connectivity index (χ0) is 13.4. The Morgan fingerprint density at radius 2 is 2.28 bits per heavy atom. The summed E-state index contributed by atoms with van der Waals surface area (Å²) in [5, 5.41) is 2.70. The maximum Gasteiger partial charge on any atom is 0.247 e. The molecule has 0 aliphatic heterocycles. The molecule has 0 aromatic heterocycles. The molecule has 18 heavy (non-hydrogen) atoms. The van der Waals surface area contributed by atoms with Crippen molar-refractivity contribution in [3.8, 4) is 11.5 Å². The van der Waals surface area contributed by atoms with Crippen molar-refractivity contribution in [3.05, 3.63) is 30.9 Å². The number of methoxy groups -OCH3 is 1. The molecule has 0 bridgehead atoms. The zero-order valence-corrected chi connectivity index (χ0v) is 10.9. The highest BCUT2D eigenvalue weighted by Crippen LogP contribution is 2.29. The van der Waals surface area contributed by atoms with Crippen LogP contribution in [0.5, 0.6) is 11.5 Å². The molecule has 0 saturated carbocycles. The number of carbonyl (C=O) groups excluding carboxylic acids is 1. The molecule has 1 rings (SSSR count). The van der Waals surface area contributed by atoms with Gasteiger partial charge in [-0.15, -0.1) is 0 Å². The number of hydrogen-bond acceptors (Lipinski definition) is 3. The summed E-state index contributed by atoms with van der Waals surface area (Å²) in [4.78, 5) is 11.3. The number of hydrogen-bond donors (Lipinski definition) is 1. The van der Waals surface area contributed by atoms with Crippen molar-refractivity contribution in [3.63, 3.8) is 0 Å². The van der Waals surface area contributed by atoms with E-state index in [1.165, 1.54) is 6.08 Å². The van der Waals surface area contributed by atoms with Gasteiger partial charge in [-0.2, -0.15) is 0 Å². The van der Waals surface area contributed by atoms with Crippen LogP contribution in [0.1, 0.15) is 19.8 Å². The molecule has 0 aliphatic rings. The van der Waals surface area contributed by atoms with Gasteiger partial charge < -0.3 is 14.8 Å². The Morgan fingerprint density at radius 1 is 1.50 bits per heavy atom. The molecule has 0 saturated heterocycles. The van der Waals surface area contributed by atoms with Gasteiger partial charge in [-0.1, -0.05) is 19.9 Å². The van der Waals surface area contributed by atoms with E-state index in [0.717, 1.165) is 12.8 Å². The number of nitrogens with one attached hydrogen (secondary N) is 1. The number of carbonyl (C=O) groups is 1. The lowest BCUT2D eigenvalue weighted by Gasteiger charge is -2.12. The van der Waals surface area contributed by atoms with Crippen molar-refractivity contribution in [2.75, 3.05) is 19.0 Å². The summed E-state index contributed by atoms with van der Waals surface area (Å²) in [6.07, 6.45) is 3.25. The van der Waals surface area contributed by atoms with Crippen LogP contribution in [0.25, 0.3) is 0 Å². The second kappa shape index (κ2) is 7.37. The van der Waals surface area contributed by atoms with Gasteiger partial charge in [0.05, 0.1) is 19.4 Å². The van der Waals surface area contributed by atoms with E-state index < -0.39 is 0 Å². The predicted octanol–water partition coefficient (Wildman–Crippen LogP) is 3.00. The SMILES string of the molecule is C=CC(=O)Nc1cc(OC)ccc1OCCCC. The minimum Gasteiger partial charge on any atom is -0.497 e. The number of amides is 1. The summed E-state index contributed by atoms with van der Waals surface area (Å²) in [7, 11) is 1.58. The van der Waals surface area contributed by atoms with Crippen LogP contribution >= 0.6 is 0 Å². The Bertz CT molecular complexity index is 416. The van der Waals surface area contributed by atoms with Crippen LogP contribution in [0.15, 0.2) is 30.9 Å². The van der Waals surface area contributed by atoms with Gasteiger partial charge in [0.25, 0.3) is 0 Å². The fraction of sp³-hybridized carbons (Fsp3) is 0.357. The van der Waals surface area contributed by atoms with Crippen molar-refractivity contribution in [1.29, 1.82) is 0 Å². The predicted molar refractivity (Wildman–Crippen MR) is 72.2 cm³/mol. The number of rotatable bonds is 7. The van der Waals surface area contributed by atoms with Gasteiger partial charge >= 0.3 is 0 Å². The monoisotopic (exact) mass is 249 g/mol. The summed E-state index contributed by atoms with van der Waals surface area (Å²) < 4.78 is 10.7. The van der Waals surface area contributed by atoms with Crippen molar-refractivity contribution in [1.82, 2.24) is 0 Å². The van der Waals surface area contributed by atoms with E-state index in [1.807, 2.05) is 0 Å². The van der Waals surface area contributed by atoms with Crippen molar-refractivity contribution < 1.29 is 14.3 Å². The molecule has 0 fully saturated rings. The molecule has 0 radical (unpaired) electrons. The molecule has 1 N–H and O–H groups in total. The van der Waals surface area contributed by atoms with Crippen molar-refractivity contribution >= 4 is 11.6 Å². The lowest BCUT2D eigenvalue weighted by molar-refractivity contribution is -0.111. The second-order valence-corrected chi connectivity index (χ2v) is 3.76. The second-order valence-electron chi connectivity index (χ2n) is 3.76. The third kappa shape index (κ3) is 4.13. The zero-order valence-electron chi connectivity index (χ0n) is 10.9. The normalized spacial score (nSPS) is 9.67. The molecule has 1 aromatic rings. The standard InChI is InChI=1S/C14H19NO3/c1-4-6-9-18-13-8-7-11(17-3)10-12(13)15-14(16)5-2/h5,7-8,10H,2,4,6,9H2,1,3H3,(H,15,16). The first-order chi connectivity index (χ1) is 8.71. The summed E-state index contributed by atoms with van der Waals surface area (Å²) in [5.74, 6) is 1.03. The third-order valence-electron chi connectivity index (χ3n) is 2.39. The molecular weight excluding hydrogens is 230 g/mol. The minimum absolute atomic E-state index is 0.274. The molecular formula is C14H19NO3. The first-order valence-electron chi connectivity index (χ1n) is 5.95. The van der Waals surface area contributed by atoms with E-state index >= 15 is 0 Å². The van der Waals surface area contributed by atoms with Gasteiger partial charge in [0.1, 0.15) is 11.5 Å². The van der Waals surface area contributed by atoms with Crippen LogP contribution in [0.3, 0.4) is 0 Å². The number of benzene rings is 1. The summed E-state index contributed by atoms with van der Waals surface area (Å²) >= 11 is 0. The lowest BCUT2D eigenvalue weighted by atomic mass is 10.2. The number of unbranched alkanes of at least 4 members (excludes halogenated alkanes) is 1. The van der Waals surface area contributed by atoms with E-state index in [2.05, 4.69) is 18.8 Å². The molecule has 4 heteroatoms. The average Bonchev–Trinajstić information content (AvgIpc) is 2.40. The van der Waals surface area contributed by atoms with Crippen molar-refractivity contribution in [2.45, 2.75) is 19.8 Å². The Labute approximate surface area is 108 Å². The molecule has 1 aromatic carbocycles. The molecule has 4 nitrogen and oxygen atoms in total. The molecule has 0 atom stereocenters. The third-order valence-corrected chi connectivity index (χ3v) is 2.39. The topological polar surface area (TPSA) is 47.6 Å². The van der Waals surface area contributed by atoms with Gasteiger partial charge in [0, 0.05) is 6.07 Å². The molecule has 0 spiro atoms. The molecule has 0 unspecified atom stereocenters. The van der Waals surface area contributed by atoms with E-state index in [0.29, 0.717) is 23.8 Å². The van der Waals surface area contributed by atoms with Gasteiger partial charge in [-0.25, -0.2) is 0 Å². The van der Waals surface area contributed by atoms with E-state index in [4.69, 9.17) is 9.47 Å². The summed E-state index contributed by atoms with van der Waals surface area (Å²) in [6, 6.07) is 5.31. The quantitative estimate of drug-likeness (QED) is 0.597. The Morgan fingerprint density at radius 3 is 2.89 bits per heavy atom.